The molecule has 3 aromatic heterocycles. The SMILES string of the molecule is COC1CCCN1C(=O)c1cc2nccc(Oc3ccc4[nH]c(C)cc4c3F)c2s1. The van der Waals surface area contributed by atoms with Gasteiger partial charge in [0.1, 0.15) is 12.0 Å². The van der Waals surface area contributed by atoms with Crippen molar-refractivity contribution in [1.29, 1.82) is 0 Å². The summed E-state index contributed by atoms with van der Waals surface area (Å²) >= 11 is 1.30. The summed E-state index contributed by atoms with van der Waals surface area (Å²) in [6.07, 6.45) is 3.16. The highest BCUT2D eigenvalue weighted by Gasteiger charge is 2.30. The molecule has 0 saturated carbocycles. The number of carbonyl (C=O) groups is 1. The molecule has 6 nitrogen and oxygen atoms in total. The summed E-state index contributed by atoms with van der Waals surface area (Å²) in [5, 5.41) is 0.483. The lowest BCUT2D eigenvalue weighted by Crippen LogP contribution is -2.36. The Morgan fingerprint density at radius 3 is 3.00 bits per heavy atom. The number of nitrogens with zero attached hydrogens (tertiary/aromatic N) is 2. The highest BCUT2D eigenvalue weighted by Crippen LogP contribution is 2.38. The van der Waals surface area contributed by atoms with E-state index in [0.29, 0.717) is 32.8 Å². The number of hydrogen-bond donors (Lipinski definition) is 1. The number of aromatic amines is 1. The van der Waals surface area contributed by atoms with Gasteiger partial charge < -0.3 is 19.4 Å². The van der Waals surface area contributed by atoms with Gasteiger partial charge in [-0.15, -0.1) is 11.3 Å². The number of halogens is 1. The molecule has 1 fully saturated rings. The van der Waals surface area contributed by atoms with E-state index < -0.39 is 5.82 Å². The van der Waals surface area contributed by atoms with Gasteiger partial charge in [-0.2, -0.15) is 0 Å². The third-order valence-electron chi connectivity index (χ3n) is 5.37. The Kier molecular flexibility index (Phi) is 4.67. The average molecular weight is 425 g/mol. The van der Waals surface area contributed by atoms with Crippen LogP contribution in [0.2, 0.25) is 0 Å². The van der Waals surface area contributed by atoms with Crippen LogP contribution in [0.5, 0.6) is 11.5 Å². The van der Waals surface area contributed by atoms with Crippen molar-refractivity contribution in [2.75, 3.05) is 13.7 Å². The molecule has 1 aliphatic rings. The molecule has 1 amide bonds. The number of hydrogen-bond acceptors (Lipinski definition) is 5. The van der Waals surface area contributed by atoms with Gasteiger partial charge in [0.2, 0.25) is 0 Å². The van der Waals surface area contributed by atoms with E-state index in [1.54, 1.807) is 48.5 Å². The van der Waals surface area contributed by atoms with E-state index in [9.17, 15) is 9.18 Å². The highest BCUT2D eigenvalue weighted by molar-refractivity contribution is 7.21. The van der Waals surface area contributed by atoms with Crippen LogP contribution >= 0.6 is 11.3 Å². The van der Waals surface area contributed by atoms with E-state index >= 15 is 0 Å². The van der Waals surface area contributed by atoms with Gasteiger partial charge >= 0.3 is 0 Å². The minimum absolute atomic E-state index is 0.0799. The molecule has 30 heavy (non-hydrogen) atoms. The predicted octanol–water partition coefficient (Wildman–Crippen LogP) is 5.23. The van der Waals surface area contributed by atoms with Crippen LogP contribution in [0.4, 0.5) is 4.39 Å². The summed E-state index contributed by atoms with van der Waals surface area (Å²) in [4.78, 5) is 22.8. The molecule has 8 heteroatoms. The number of H-pyrrole nitrogens is 1. The van der Waals surface area contributed by atoms with E-state index in [0.717, 1.165) is 24.1 Å². The van der Waals surface area contributed by atoms with Gasteiger partial charge in [-0.05, 0) is 44.0 Å². The maximum Gasteiger partial charge on any atom is 0.266 e. The molecule has 0 aliphatic carbocycles. The van der Waals surface area contributed by atoms with Crippen molar-refractivity contribution >= 4 is 38.4 Å². The van der Waals surface area contributed by atoms with Crippen LogP contribution in [0.25, 0.3) is 21.1 Å². The molecule has 1 atom stereocenters. The average Bonchev–Trinajstić information content (AvgIpc) is 3.46. The lowest BCUT2D eigenvalue weighted by molar-refractivity contribution is 0.00196. The topological polar surface area (TPSA) is 67.4 Å². The lowest BCUT2D eigenvalue weighted by Gasteiger charge is -2.22. The van der Waals surface area contributed by atoms with Crippen LogP contribution in [-0.2, 0) is 4.74 Å². The Labute approximate surface area is 176 Å². The van der Waals surface area contributed by atoms with Gasteiger partial charge in [-0.25, -0.2) is 4.39 Å². The van der Waals surface area contributed by atoms with Gasteiger partial charge in [0.15, 0.2) is 11.6 Å². The number of pyridine rings is 1. The summed E-state index contributed by atoms with van der Waals surface area (Å²) in [6, 6.07) is 8.60. The number of amides is 1. The van der Waals surface area contributed by atoms with Gasteiger partial charge in [0.25, 0.3) is 5.91 Å². The fourth-order valence-corrected chi connectivity index (χ4v) is 4.96. The molecule has 1 N–H and O–H groups in total. The molecule has 4 heterocycles. The fourth-order valence-electron chi connectivity index (χ4n) is 3.94. The second-order valence-electron chi connectivity index (χ2n) is 7.36. The summed E-state index contributed by atoms with van der Waals surface area (Å²) in [7, 11) is 1.62. The van der Waals surface area contributed by atoms with E-state index in [4.69, 9.17) is 9.47 Å². The summed E-state index contributed by atoms with van der Waals surface area (Å²) < 4.78 is 27.0. The third kappa shape index (κ3) is 3.12. The first kappa shape index (κ1) is 19.0. The Bertz CT molecular complexity index is 1270. The Morgan fingerprint density at radius 2 is 2.17 bits per heavy atom. The zero-order chi connectivity index (χ0) is 20.8. The quantitative estimate of drug-likeness (QED) is 0.486. The van der Waals surface area contributed by atoms with Crippen molar-refractivity contribution in [3.63, 3.8) is 0 Å². The highest BCUT2D eigenvalue weighted by atomic mass is 32.1. The molecular weight excluding hydrogens is 405 g/mol. The smallest absolute Gasteiger partial charge is 0.266 e. The molecule has 4 aromatic rings. The normalized spacial score (nSPS) is 16.6. The molecular formula is C22H20FN3O3S. The van der Waals surface area contributed by atoms with Gasteiger partial charge in [-0.3, -0.25) is 9.78 Å². The summed E-state index contributed by atoms with van der Waals surface area (Å²) in [5.41, 5.74) is 2.25. The zero-order valence-corrected chi connectivity index (χ0v) is 17.4. The fraction of sp³-hybridized carbons (Fsp3) is 0.273. The van der Waals surface area contributed by atoms with Crippen molar-refractivity contribution in [3.05, 3.63) is 52.9 Å². The first-order valence-corrected chi connectivity index (χ1v) is 10.5. The van der Waals surface area contributed by atoms with Gasteiger partial charge in [-0.1, -0.05) is 0 Å². The van der Waals surface area contributed by atoms with Crippen LogP contribution in [0.3, 0.4) is 0 Å². The molecule has 154 valence electrons. The number of benzene rings is 1. The lowest BCUT2D eigenvalue weighted by atomic mass is 10.2. The van der Waals surface area contributed by atoms with Crippen molar-refractivity contribution in [2.45, 2.75) is 26.0 Å². The monoisotopic (exact) mass is 425 g/mol. The molecule has 0 bridgehead atoms. The Hall–Kier alpha value is -2.97. The number of aryl methyl sites for hydroxylation is 1. The number of methoxy groups -OCH3 is 1. The Morgan fingerprint density at radius 1 is 1.30 bits per heavy atom. The summed E-state index contributed by atoms with van der Waals surface area (Å²) in [5.74, 6) is 0.104. The number of likely N-dealkylation sites (tertiary alicyclic amines) is 1. The molecule has 1 aromatic carbocycles. The number of rotatable bonds is 4. The van der Waals surface area contributed by atoms with Crippen LogP contribution in [0, 0.1) is 12.7 Å². The van der Waals surface area contributed by atoms with Crippen molar-refractivity contribution < 1.29 is 18.7 Å². The van der Waals surface area contributed by atoms with Crippen molar-refractivity contribution in [3.8, 4) is 11.5 Å². The van der Waals surface area contributed by atoms with Crippen LogP contribution < -0.4 is 4.74 Å². The number of nitrogens with one attached hydrogen (secondary N) is 1. The minimum Gasteiger partial charge on any atom is -0.453 e. The number of ether oxygens (including phenoxy) is 2. The van der Waals surface area contributed by atoms with Gasteiger partial charge in [0.05, 0.1) is 15.1 Å². The van der Waals surface area contributed by atoms with Crippen LogP contribution in [0.15, 0.2) is 36.5 Å². The van der Waals surface area contributed by atoms with E-state index in [1.807, 2.05) is 6.92 Å². The first-order valence-electron chi connectivity index (χ1n) is 9.73. The third-order valence-corrected chi connectivity index (χ3v) is 6.50. The predicted molar refractivity (Wildman–Crippen MR) is 114 cm³/mol. The second kappa shape index (κ2) is 7.37. The number of aromatic nitrogens is 2. The molecule has 0 radical (unpaired) electrons. The maximum absolute atomic E-state index is 15.0. The molecule has 1 saturated heterocycles. The largest absolute Gasteiger partial charge is 0.453 e. The van der Waals surface area contributed by atoms with E-state index in [-0.39, 0.29) is 17.9 Å². The molecule has 1 unspecified atom stereocenters. The van der Waals surface area contributed by atoms with Gasteiger partial charge in [0, 0.05) is 42.5 Å². The van der Waals surface area contributed by atoms with Crippen molar-refractivity contribution in [2.24, 2.45) is 0 Å². The molecule has 0 spiro atoms. The Balaban J connectivity index is 1.50. The number of thiophene rings is 1. The van der Waals surface area contributed by atoms with E-state index in [2.05, 4.69) is 9.97 Å². The minimum atomic E-state index is -0.422. The zero-order valence-electron chi connectivity index (χ0n) is 16.6. The molecule has 1 aliphatic heterocycles. The second-order valence-corrected chi connectivity index (χ2v) is 8.41. The number of carbonyl (C=O) groups excluding carboxylic acids is 1. The van der Waals surface area contributed by atoms with Crippen LogP contribution in [-0.4, -0.2) is 40.7 Å². The first-order chi connectivity index (χ1) is 14.5. The van der Waals surface area contributed by atoms with Crippen molar-refractivity contribution in [1.82, 2.24) is 14.9 Å². The van der Waals surface area contributed by atoms with E-state index in [1.165, 1.54) is 11.3 Å². The standard InChI is InChI=1S/C22H20FN3O3S/c1-12-10-13-14(25-12)5-6-16(20(13)23)29-17-7-8-24-15-11-18(30-21(15)17)22(27)26-9-3-4-19(26)28-2/h5-8,10-11,19,25H,3-4,9H2,1-2H3. The maximum atomic E-state index is 15.0. The summed E-state index contributed by atoms with van der Waals surface area (Å²) in [6.45, 7) is 2.55. The molecule has 5 rings (SSSR count). The van der Waals surface area contributed by atoms with Crippen LogP contribution in [0.1, 0.15) is 28.2 Å². The number of fused-ring (bicyclic) bond motifs is 2.